The quantitative estimate of drug-likeness (QED) is 0.152. The summed E-state index contributed by atoms with van der Waals surface area (Å²) in [7, 11) is 0. The third-order valence-electron chi connectivity index (χ3n) is 16.1. The molecule has 71 heavy (non-hydrogen) atoms. The standard InChI is InChI=1S/C65H48N6/c66-39-41-14-16-45(17-15-41)46-18-20-47(21-19-46)54-30-31-55(57-11-5-4-10-56(54)57)48-22-24-49(25-23-48)62-68-63(50-26-28-52(29-27-50)65-36-42-32-43(37-65)34-44(33-42)38-65)70-64(69-62)51-35-60-61(67-40-51)58-12-6-7-13-59(58)71(60)53-8-2-1-3-9-53/h1-31,35,40,42-44H,32-34,36-38H2/t42-,43-,44-,65?. The summed E-state index contributed by atoms with van der Waals surface area (Å²) in [5.74, 6) is 4.52. The predicted octanol–water partition coefficient (Wildman–Crippen LogP) is 15.9. The monoisotopic (exact) mass is 912 g/mol. The molecule has 4 bridgehead atoms. The minimum atomic E-state index is 0.314. The summed E-state index contributed by atoms with van der Waals surface area (Å²) in [6.45, 7) is 0. The normalized spacial score (nSPS) is 19.1. The van der Waals surface area contributed by atoms with Crippen molar-refractivity contribution in [1.29, 1.82) is 5.26 Å². The predicted molar refractivity (Wildman–Crippen MR) is 287 cm³/mol. The molecule has 338 valence electrons. The van der Waals surface area contributed by atoms with E-state index in [1.807, 2.05) is 30.5 Å². The van der Waals surface area contributed by atoms with Crippen LogP contribution in [0.25, 0.3) is 106 Å². The largest absolute Gasteiger partial charge is 0.308 e. The average Bonchev–Trinajstić information content (AvgIpc) is 3.76. The third-order valence-corrected chi connectivity index (χ3v) is 16.1. The van der Waals surface area contributed by atoms with Gasteiger partial charge in [0.05, 0.1) is 28.2 Å². The third kappa shape index (κ3) is 7.14. The lowest BCUT2D eigenvalue weighted by molar-refractivity contribution is -0.00518. The van der Waals surface area contributed by atoms with Gasteiger partial charge in [0.2, 0.25) is 0 Å². The van der Waals surface area contributed by atoms with Gasteiger partial charge in [-0.05, 0) is 148 Å². The average molecular weight is 913 g/mol. The van der Waals surface area contributed by atoms with E-state index in [1.54, 1.807) is 0 Å². The van der Waals surface area contributed by atoms with Gasteiger partial charge in [-0.1, -0.05) is 158 Å². The Morgan fingerprint density at radius 1 is 0.437 bits per heavy atom. The molecule has 6 heteroatoms. The Hall–Kier alpha value is -8.53. The summed E-state index contributed by atoms with van der Waals surface area (Å²) in [6.07, 6.45) is 10.2. The molecule has 0 amide bonds. The lowest BCUT2D eigenvalue weighted by Crippen LogP contribution is -2.48. The molecule has 4 aliphatic carbocycles. The molecule has 8 aromatic carbocycles. The van der Waals surface area contributed by atoms with Crippen molar-refractivity contribution in [2.24, 2.45) is 17.8 Å². The topological polar surface area (TPSA) is 80.3 Å². The van der Waals surface area contributed by atoms with Crippen LogP contribution in [0.2, 0.25) is 0 Å². The zero-order valence-electron chi connectivity index (χ0n) is 39.2. The molecule has 11 aromatic rings. The van der Waals surface area contributed by atoms with Gasteiger partial charge in [0, 0.05) is 34.0 Å². The fourth-order valence-electron chi connectivity index (χ4n) is 13.2. The van der Waals surface area contributed by atoms with E-state index in [0.29, 0.717) is 28.5 Å². The lowest BCUT2D eigenvalue weighted by atomic mass is 9.48. The van der Waals surface area contributed by atoms with Crippen LogP contribution in [0.3, 0.4) is 0 Å². The van der Waals surface area contributed by atoms with Gasteiger partial charge in [-0.3, -0.25) is 4.98 Å². The van der Waals surface area contributed by atoms with Gasteiger partial charge in [0.15, 0.2) is 17.5 Å². The van der Waals surface area contributed by atoms with Gasteiger partial charge >= 0.3 is 0 Å². The van der Waals surface area contributed by atoms with Crippen LogP contribution in [-0.4, -0.2) is 24.5 Å². The van der Waals surface area contributed by atoms with Crippen molar-refractivity contribution < 1.29 is 0 Å². The Balaban J connectivity index is 0.844. The molecule has 6 nitrogen and oxygen atoms in total. The van der Waals surface area contributed by atoms with E-state index in [1.165, 1.54) is 60.4 Å². The maximum Gasteiger partial charge on any atom is 0.165 e. The molecule has 0 radical (unpaired) electrons. The number of hydrogen-bond acceptors (Lipinski definition) is 5. The molecule has 0 atom stereocenters. The lowest BCUT2D eigenvalue weighted by Gasteiger charge is -2.57. The smallest absolute Gasteiger partial charge is 0.165 e. The number of para-hydroxylation sites is 2. The molecule has 15 rings (SSSR count). The number of nitriles is 1. The summed E-state index contributed by atoms with van der Waals surface area (Å²) in [5.41, 5.74) is 16.1. The number of pyridine rings is 1. The summed E-state index contributed by atoms with van der Waals surface area (Å²) in [4.78, 5) is 20.9. The Bertz CT molecular complexity index is 3850. The fraction of sp³-hybridized carbons (Fsp3) is 0.154. The zero-order chi connectivity index (χ0) is 47.0. The van der Waals surface area contributed by atoms with Crippen LogP contribution in [0.1, 0.15) is 49.7 Å². The SMILES string of the molecule is N#Cc1ccc(-c2ccc(-c3ccc(-c4ccc(-c5nc(-c6ccc(C78C[C@H]9C[C@H](C7)C[C@@H](C8)C9)cc6)nc(-c6cnc7c8ccccc8n(-c8ccccc8)c7c6)n5)cc4)c4ccccc34)cc2)cc1. The highest BCUT2D eigenvalue weighted by Crippen LogP contribution is 2.60. The van der Waals surface area contributed by atoms with E-state index in [9.17, 15) is 5.26 Å². The molecular formula is C65H48N6. The minimum absolute atomic E-state index is 0.314. The van der Waals surface area contributed by atoms with Gasteiger partial charge in [-0.15, -0.1) is 0 Å². The van der Waals surface area contributed by atoms with Crippen LogP contribution in [-0.2, 0) is 5.41 Å². The van der Waals surface area contributed by atoms with Crippen molar-refractivity contribution in [2.45, 2.75) is 43.9 Å². The molecule has 4 aliphatic rings. The first-order valence-electron chi connectivity index (χ1n) is 25.1. The van der Waals surface area contributed by atoms with Crippen LogP contribution in [0.5, 0.6) is 0 Å². The highest BCUT2D eigenvalue weighted by atomic mass is 15.0. The highest BCUT2D eigenvalue weighted by Gasteiger charge is 2.51. The Labute approximate surface area is 413 Å². The molecule has 0 spiro atoms. The van der Waals surface area contributed by atoms with E-state index in [4.69, 9.17) is 19.9 Å². The van der Waals surface area contributed by atoms with E-state index < -0.39 is 0 Å². The van der Waals surface area contributed by atoms with Crippen LogP contribution in [0, 0.1) is 29.1 Å². The summed E-state index contributed by atoms with van der Waals surface area (Å²) < 4.78 is 2.29. The van der Waals surface area contributed by atoms with Gasteiger partial charge < -0.3 is 4.57 Å². The van der Waals surface area contributed by atoms with E-state index in [-0.39, 0.29) is 0 Å². The maximum atomic E-state index is 9.27. The van der Waals surface area contributed by atoms with Crippen LogP contribution in [0.4, 0.5) is 0 Å². The molecule has 0 unspecified atom stereocenters. The van der Waals surface area contributed by atoms with Crippen molar-refractivity contribution in [3.8, 4) is 79.3 Å². The first kappa shape index (κ1) is 41.4. The summed E-state index contributed by atoms with van der Waals surface area (Å²) in [6, 6.07) is 70.9. The van der Waals surface area contributed by atoms with Crippen LogP contribution < -0.4 is 0 Å². The van der Waals surface area contributed by atoms with Crippen molar-refractivity contribution in [2.75, 3.05) is 0 Å². The van der Waals surface area contributed by atoms with E-state index in [0.717, 1.165) is 89.9 Å². The second kappa shape index (κ2) is 16.6. The second-order valence-electron chi connectivity index (χ2n) is 20.4. The van der Waals surface area contributed by atoms with Gasteiger partial charge in [-0.25, -0.2) is 15.0 Å². The van der Waals surface area contributed by atoms with Crippen molar-refractivity contribution in [3.05, 3.63) is 211 Å². The molecule has 4 saturated carbocycles. The molecule has 0 N–H and O–H groups in total. The number of nitrogens with zero attached hydrogens (tertiary/aromatic N) is 6. The first-order valence-corrected chi connectivity index (χ1v) is 25.1. The molecule has 0 aliphatic heterocycles. The summed E-state index contributed by atoms with van der Waals surface area (Å²) >= 11 is 0. The second-order valence-corrected chi connectivity index (χ2v) is 20.4. The minimum Gasteiger partial charge on any atom is -0.308 e. The molecule has 3 aromatic heterocycles. The van der Waals surface area contributed by atoms with Gasteiger partial charge in [0.25, 0.3) is 0 Å². The molecule has 0 saturated heterocycles. The first-order chi connectivity index (χ1) is 35.0. The van der Waals surface area contributed by atoms with Crippen LogP contribution >= 0.6 is 0 Å². The molecular weight excluding hydrogens is 865 g/mol. The Morgan fingerprint density at radius 2 is 0.901 bits per heavy atom. The van der Waals surface area contributed by atoms with E-state index >= 15 is 0 Å². The van der Waals surface area contributed by atoms with Crippen molar-refractivity contribution >= 4 is 32.7 Å². The number of rotatable bonds is 8. The van der Waals surface area contributed by atoms with Gasteiger partial charge in [0.1, 0.15) is 0 Å². The Morgan fingerprint density at radius 3 is 1.46 bits per heavy atom. The maximum absolute atomic E-state index is 9.27. The number of aromatic nitrogens is 5. The number of hydrogen-bond donors (Lipinski definition) is 0. The van der Waals surface area contributed by atoms with Crippen LogP contribution in [0.15, 0.2) is 200 Å². The number of benzene rings is 8. The number of fused-ring (bicyclic) bond motifs is 4. The Kier molecular flexibility index (Phi) is 9.67. The van der Waals surface area contributed by atoms with Gasteiger partial charge in [-0.2, -0.15) is 5.26 Å². The molecule has 4 fully saturated rings. The van der Waals surface area contributed by atoms with Crippen molar-refractivity contribution in [1.82, 2.24) is 24.5 Å². The molecule has 3 heterocycles. The van der Waals surface area contributed by atoms with Crippen molar-refractivity contribution in [3.63, 3.8) is 0 Å². The highest BCUT2D eigenvalue weighted by molar-refractivity contribution is 6.08. The zero-order valence-corrected chi connectivity index (χ0v) is 39.2. The van der Waals surface area contributed by atoms with E-state index in [2.05, 4.69) is 180 Å². The summed E-state index contributed by atoms with van der Waals surface area (Å²) in [5, 5.41) is 12.7. The fourth-order valence-corrected chi connectivity index (χ4v) is 13.2.